The van der Waals surface area contributed by atoms with Gasteiger partial charge in [-0.25, -0.2) is 0 Å². The fraction of sp³-hybridized carbons (Fsp3) is 1.00. The van der Waals surface area contributed by atoms with Crippen LogP contribution in [-0.4, -0.2) is 36.5 Å². The number of hydrogen-bond acceptors (Lipinski definition) is 3. The van der Waals surface area contributed by atoms with Crippen LogP contribution >= 0.6 is 0 Å². The topological polar surface area (TPSA) is 41.5 Å². The van der Waals surface area contributed by atoms with Gasteiger partial charge >= 0.3 is 0 Å². The largest absolute Gasteiger partial charge is 0.396 e. The SMILES string of the molecule is CCOC1CC(NC2CCCC2CO)C1(C)C. The third-order valence-corrected chi connectivity index (χ3v) is 4.85. The molecule has 0 spiro atoms. The maximum atomic E-state index is 9.34. The Bertz CT molecular complexity index is 255. The van der Waals surface area contributed by atoms with Gasteiger partial charge < -0.3 is 15.2 Å². The second kappa shape index (κ2) is 5.25. The molecule has 0 heterocycles. The average Bonchev–Trinajstić information content (AvgIpc) is 2.75. The number of nitrogens with one attached hydrogen (secondary N) is 1. The predicted octanol–water partition coefficient (Wildman–Crippen LogP) is 1.94. The molecule has 0 aromatic heterocycles. The van der Waals surface area contributed by atoms with E-state index in [0.717, 1.165) is 13.0 Å². The summed E-state index contributed by atoms with van der Waals surface area (Å²) in [5, 5.41) is 13.1. The van der Waals surface area contributed by atoms with Crippen molar-refractivity contribution in [3.05, 3.63) is 0 Å². The van der Waals surface area contributed by atoms with Crippen molar-refractivity contribution >= 4 is 0 Å². The predicted molar refractivity (Wildman–Crippen MR) is 69.0 cm³/mol. The van der Waals surface area contributed by atoms with Crippen LogP contribution in [0.2, 0.25) is 0 Å². The van der Waals surface area contributed by atoms with Gasteiger partial charge in [0.25, 0.3) is 0 Å². The number of rotatable bonds is 5. The summed E-state index contributed by atoms with van der Waals surface area (Å²) in [6.45, 7) is 7.79. The molecule has 2 aliphatic carbocycles. The van der Waals surface area contributed by atoms with Crippen LogP contribution in [0.5, 0.6) is 0 Å². The third-order valence-electron chi connectivity index (χ3n) is 4.85. The lowest BCUT2D eigenvalue weighted by atomic mass is 9.64. The standard InChI is InChI=1S/C14H27NO2/c1-4-17-13-8-12(14(13,2)3)15-11-7-5-6-10(11)9-16/h10-13,15-16H,4-9H2,1-3H3. The minimum Gasteiger partial charge on any atom is -0.396 e. The fourth-order valence-electron chi connectivity index (χ4n) is 3.39. The molecular formula is C14H27NO2. The van der Waals surface area contributed by atoms with Crippen LogP contribution in [0.1, 0.15) is 46.5 Å². The number of aliphatic hydroxyl groups is 1. The van der Waals surface area contributed by atoms with Gasteiger partial charge in [-0.3, -0.25) is 0 Å². The maximum Gasteiger partial charge on any atom is 0.0655 e. The molecule has 2 saturated carbocycles. The first-order chi connectivity index (χ1) is 8.09. The monoisotopic (exact) mass is 241 g/mol. The van der Waals surface area contributed by atoms with Gasteiger partial charge in [-0.05, 0) is 32.1 Å². The van der Waals surface area contributed by atoms with E-state index in [0.29, 0.717) is 30.7 Å². The highest BCUT2D eigenvalue weighted by Gasteiger charge is 2.49. The molecule has 2 fully saturated rings. The quantitative estimate of drug-likeness (QED) is 0.773. The molecule has 0 saturated heterocycles. The summed E-state index contributed by atoms with van der Waals surface area (Å²) in [6, 6.07) is 1.07. The Morgan fingerprint density at radius 1 is 1.35 bits per heavy atom. The lowest BCUT2D eigenvalue weighted by Gasteiger charge is -2.53. The van der Waals surface area contributed by atoms with Crippen LogP contribution in [0.25, 0.3) is 0 Å². The minimum absolute atomic E-state index is 0.235. The zero-order valence-corrected chi connectivity index (χ0v) is 11.4. The molecule has 2 rings (SSSR count). The highest BCUT2D eigenvalue weighted by atomic mass is 16.5. The van der Waals surface area contributed by atoms with E-state index in [1.807, 2.05) is 0 Å². The summed E-state index contributed by atoms with van der Waals surface area (Å²) >= 11 is 0. The van der Waals surface area contributed by atoms with Crippen LogP contribution in [0.15, 0.2) is 0 Å². The Balaban J connectivity index is 1.85. The van der Waals surface area contributed by atoms with E-state index in [-0.39, 0.29) is 5.41 Å². The fourth-order valence-corrected chi connectivity index (χ4v) is 3.39. The highest BCUT2D eigenvalue weighted by Crippen LogP contribution is 2.43. The van der Waals surface area contributed by atoms with Crippen molar-refractivity contribution in [3.63, 3.8) is 0 Å². The molecule has 0 bridgehead atoms. The van der Waals surface area contributed by atoms with Crippen LogP contribution in [-0.2, 0) is 4.74 Å². The van der Waals surface area contributed by atoms with Gasteiger partial charge in [-0.1, -0.05) is 20.3 Å². The van der Waals surface area contributed by atoms with Crippen molar-refractivity contribution in [3.8, 4) is 0 Å². The molecule has 3 heteroatoms. The summed E-state index contributed by atoms with van der Waals surface area (Å²) in [4.78, 5) is 0. The first-order valence-corrected chi connectivity index (χ1v) is 7.08. The second-order valence-corrected chi connectivity index (χ2v) is 6.20. The second-order valence-electron chi connectivity index (χ2n) is 6.20. The molecule has 4 atom stereocenters. The van der Waals surface area contributed by atoms with Crippen LogP contribution in [0.4, 0.5) is 0 Å². The first kappa shape index (κ1) is 13.3. The Hall–Kier alpha value is -0.120. The van der Waals surface area contributed by atoms with Crippen molar-refractivity contribution in [1.29, 1.82) is 0 Å². The summed E-state index contributed by atoms with van der Waals surface area (Å²) < 4.78 is 5.75. The van der Waals surface area contributed by atoms with Gasteiger partial charge in [0.1, 0.15) is 0 Å². The van der Waals surface area contributed by atoms with E-state index >= 15 is 0 Å². The van der Waals surface area contributed by atoms with Crippen LogP contribution in [0.3, 0.4) is 0 Å². The Kier molecular flexibility index (Phi) is 4.11. The van der Waals surface area contributed by atoms with E-state index in [4.69, 9.17) is 4.74 Å². The highest BCUT2D eigenvalue weighted by molar-refractivity contribution is 5.04. The normalized spacial score (nSPS) is 40.2. The first-order valence-electron chi connectivity index (χ1n) is 7.08. The molecular weight excluding hydrogens is 214 g/mol. The van der Waals surface area contributed by atoms with Gasteiger partial charge in [0.15, 0.2) is 0 Å². The molecule has 0 aromatic carbocycles. The maximum absolute atomic E-state index is 9.34. The van der Waals surface area contributed by atoms with Crippen molar-refractivity contribution in [2.75, 3.05) is 13.2 Å². The van der Waals surface area contributed by atoms with E-state index in [9.17, 15) is 5.11 Å². The van der Waals surface area contributed by atoms with Gasteiger partial charge in [-0.2, -0.15) is 0 Å². The van der Waals surface area contributed by atoms with E-state index in [1.165, 1.54) is 19.3 Å². The van der Waals surface area contributed by atoms with Crippen molar-refractivity contribution in [2.45, 2.75) is 64.6 Å². The summed E-state index contributed by atoms with van der Waals surface area (Å²) in [6.07, 6.45) is 5.17. The lowest BCUT2D eigenvalue weighted by molar-refractivity contribution is -0.117. The smallest absolute Gasteiger partial charge is 0.0655 e. The van der Waals surface area contributed by atoms with Crippen molar-refractivity contribution in [1.82, 2.24) is 5.32 Å². The zero-order chi connectivity index (χ0) is 12.5. The lowest BCUT2D eigenvalue weighted by Crippen LogP contribution is -2.63. The van der Waals surface area contributed by atoms with Crippen molar-refractivity contribution in [2.24, 2.45) is 11.3 Å². The van der Waals surface area contributed by atoms with E-state index in [1.54, 1.807) is 0 Å². The molecule has 4 unspecified atom stereocenters. The number of aliphatic hydroxyl groups excluding tert-OH is 1. The van der Waals surface area contributed by atoms with Gasteiger partial charge in [0.2, 0.25) is 0 Å². The van der Waals surface area contributed by atoms with Gasteiger partial charge in [0.05, 0.1) is 6.10 Å². The van der Waals surface area contributed by atoms with Crippen LogP contribution < -0.4 is 5.32 Å². The van der Waals surface area contributed by atoms with Crippen molar-refractivity contribution < 1.29 is 9.84 Å². The average molecular weight is 241 g/mol. The molecule has 100 valence electrons. The molecule has 2 aliphatic rings. The molecule has 0 radical (unpaired) electrons. The molecule has 2 N–H and O–H groups in total. The van der Waals surface area contributed by atoms with E-state index < -0.39 is 0 Å². The molecule has 3 nitrogen and oxygen atoms in total. The molecule has 0 aliphatic heterocycles. The molecule has 17 heavy (non-hydrogen) atoms. The van der Waals surface area contributed by atoms with Gasteiger partial charge in [0, 0.05) is 30.7 Å². The van der Waals surface area contributed by atoms with E-state index in [2.05, 4.69) is 26.1 Å². The Morgan fingerprint density at radius 2 is 2.12 bits per heavy atom. The minimum atomic E-state index is 0.235. The summed E-state index contributed by atoms with van der Waals surface area (Å²) in [7, 11) is 0. The number of hydrogen-bond donors (Lipinski definition) is 2. The Morgan fingerprint density at radius 3 is 2.71 bits per heavy atom. The Labute approximate surface area is 105 Å². The number of ether oxygens (including phenoxy) is 1. The summed E-state index contributed by atoms with van der Waals surface area (Å²) in [5.74, 6) is 0.469. The third kappa shape index (κ3) is 2.51. The van der Waals surface area contributed by atoms with Gasteiger partial charge in [-0.15, -0.1) is 0 Å². The zero-order valence-electron chi connectivity index (χ0n) is 11.4. The molecule has 0 aromatic rings. The summed E-state index contributed by atoms with van der Waals surface area (Å²) in [5.41, 5.74) is 0.235. The molecule has 0 amide bonds. The van der Waals surface area contributed by atoms with Crippen LogP contribution in [0, 0.1) is 11.3 Å².